The van der Waals surface area contributed by atoms with Crippen molar-refractivity contribution in [3.05, 3.63) is 95.2 Å². The fraction of sp³-hybridized carbons (Fsp3) is 0.231. The van der Waals surface area contributed by atoms with E-state index in [4.69, 9.17) is 4.74 Å². The van der Waals surface area contributed by atoms with Gasteiger partial charge in [-0.15, -0.1) is 0 Å². The van der Waals surface area contributed by atoms with Crippen molar-refractivity contribution in [3.8, 4) is 16.9 Å². The summed E-state index contributed by atoms with van der Waals surface area (Å²) in [6.07, 6.45) is -0.0359. The third kappa shape index (κ3) is 4.70. The third-order valence-corrected chi connectivity index (χ3v) is 8.70. The van der Waals surface area contributed by atoms with Crippen molar-refractivity contribution in [2.75, 3.05) is 6.61 Å². The predicted octanol–water partition coefficient (Wildman–Crippen LogP) is 6.91. The van der Waals surface area contributed by atoms with Gasteiger partial charge in [0.1, 0.15) is 17.0 Å². The summed E-state index contributed by atoms with van der Waals surface area (Å²) < 4.78 is 35.8. The molecule has 0 saturated heterocycles. The summed E-state index contributed by atoms with van der Waals surface area (Å²) in [6.45, 7) is 8.14. The fourth-order valence-electron chi connectivity index (χ4n) is 3.65. The topological polar surface area (TPSA) is 9.23 Å². The summed E-state index contributed by atoms with van der Waals surface area (Å²) in [6, 6.07) is 23.1. The summed E-state index contributed by atoms with van der Waals surface area (Å²) >= 11 is 0. The van der Waals surface area contributed by atoms with Gasteiger partial charge < -0.3 is 4.74 Å². The number of allylic oxidation sites excluding steroid dienone is 1. The van der Waals surface area contributed by atoms with E-state index in [1.54, 1.807) is 0 Å². The zero-order chi connectivity index (χ0) is 21.7. The highest BCUT2D eigenvalue weighted by Gasteiger charge is 2.32. The zero-order valence-electron chi connectivity index (χ0n) is 18.0. The number of rotatable bonds is 7. The van der Waals surface area contributed by atoms with Crippen molar-refractivity contribution in [1.29, 1.82) is 0 Å². The Morgan fingerprint density at radius 1 is 0.867 bits per heavy atom. The van der Waals surface area contributed by atoms with Crippen molar-refractivity contribution in [3.63, 3.8) is 0 Å². The maximum atomic E-state index is 15.3. The molecular formula is C26H28F2OSi. The summed E-state index contributed by atoms with van der Waals surface area (Å²) in [4.78, 5) is 0. The number of halogens is 2. The Bertz CT molecular complexity index is 1020. The molecule has 0 saturated carbocycles. The highest BCUT2D eigenvalue weighted by molar-refractivity contribution is 6.95. The maximum absolute atomic E-state index is 15.3. The van der Waals surface area contributed by atoms with Crippen LogP contribution in [0.1, 0.15) is 18.1 Å². The molecule has 3 aromatic carbocycles. The minimum Gasteiger partial charge on any atom is -0.494 e. The van der Waals surface area contributed by atoms with Crippen LogP contribution >= 0.6 is 0 Å². The van der Waals surface area contributed by atoms with Gasteiger partial charge in [0.25, 0.3) is 0 Å². The molecule has 0 amide bonds. The monoisotopic (exact) mass is 422 g/mol. The number of benzene rings is 3. The molecule has 1 nitrogen and oxygen atoms in total. The standard InChI is InChI=1S/C26H28F2OSi/c1-5-29-22-14-16-23(17-15-22)30(3,4)26(28)25(27)18-21-12-9-13-24(19(21)2)20-10-7-6-8-11-20/h6-17H,5,18H2,1-4H3/b26-25+. The SMILES string of the molecule is CCOc1ccc([Si](C)(C)/C(F)=C(/F)Cc2cccc(-c3ccccc3)c2C)cc1. The summed E-state index contributed by atoms with van der Waals surface area (Å²) in [5.74, 6) is 0.0677. The zero-order valence-corrected chi connectivity index (χ0v) is 19.0. The molecule has 30 heavy (non-hydrogen) atoms. The molecule has 0 aromatic heterocycles. The molecule has 0 unspecified atom stereocenters. The van der Waals surface area contributed by atoms with Gasteiger partial charge in [0.15, 0.2) is 8.07 Å². The molecule has 0 N–H and O–H groups in total. The lowest BCUT2D eigenvalue weighted by atomic mass is 9.95. The van der Waals surface area contributed by atoms with Crippen molar-refractivity contribution in [2.45, 2.75) is 33.4 Å². The van der Waals surface area contributed by atoms with Crippen molar-refractivity contribution in [1.82, 2.24) is 0 Å². The van der Waals surface area contributed by atoms with Crippen LogP contribution < -0.4 is 9.92 Å². The second-order valence-corrected chi connectivity index (χ2v) is 12.2. The molecule has 3 rings (SSSR count). The molecular weight excluding hydrogens is 394 g/mol. The third-order valence-electron chi connectivity index (χ3n) is 5.55. The molecule has 0 radical (unpaired) electrons. The molecule has 3 aromatic rings. The molecule has 0 spiro atoms. The van der Waals surface area contributed by atoms with Crippen LogP contribution in [0.4, 0.5) is 8.78 Å². The first kappa shape index (κ1) is 22.0. The van der Waals surface area contributed by atoms with Gasteiger partial charge in [-0.2, -0.15) is 0 Å². The Labute approximate surface area is 179 Å². The van der Waals surface area contributed by atoms with E-state index < -0.39 is 19.4 Å². The van der Waals surface area contributed by atoms with Crippen LogP contribution in [0, 0.1) is 6.92 Å². The summed E-state index contributed by atoms with van der Waals surface area (Å²) in [7, 11) is -2.76. The van der Waals surface area contributed by atoms with E-state index in [9.17, 15) is 0 Å². The Morgan fingerprint density at radius 2 is 1.53 bits per heavy atom. The smallest absolute Gasteiger partial charge is 0.151 e. The van der Waals surface area contributed by atoms with Gasteiger partial charge in [-0.3, -0.25) is 0 Å². The van der Waals surface area contributed by atoms with E-state index in [1.165, 1.54) is 0 Å². The largest absolute Gasteiger partial charge is 0.494 e. The van der Waals surface area contributed by atoms with Crippen LogP contribution in [-0.2, 0) is 6.42 Å². The van der Waals surface area contributed by atoms with Crippen LogP contribution in [0.25, 0.3) is 11.1 Å². The molecule has 0 atom stereocenters. The van der Waals surface area contributed by atoms with Crippen LogP contribution in [0.15, 0.2) is 84.1 Å². The van der Waals surface area contributed by atoms with Crippen molar-refractivity contribution < 1.29 is 13.5 Å². The molecule has 0 aliphatic rings. The maximum Gasteiger partial charge on any atom is 0.151 e. The van der Waals surface area contributed by atoms with E-state index in [0.717, 1.165) is 33.2 Å². The van der Waals surface area contributed by atoms with Crippen LogP contribution in [0.3, 0.4) is 0 Å². The molecule has 4 heteroatoms. The number of hydrogen-bond acceptors (Lipinski definition) is 1. The first-order valence-electron chi connectivity index (χ1n) is 10.3. The summed E-state index contributed by atoms with van der Waals surface area (Å²) in [5.41, 5.74) is 3.30. The van der Waals surface area contributed by atoms with Crippen molar-refractivity contribution >= 4 is 13.3 Å². The van der Waals surface area contributed by atoms with E-state index in [-0.39, 0.29) is 6.42 Å². The second kappa shape index (κ2) is 9.39. The highest BCUT2D eigenvalue weighted by Crippen LogP contribution is 2.29. The highest BCUT2D eigenvalue weighted by atomic mass is 28.3. The normalized spacial score (nSPS) is 12.5. The van der Waals surface area contributed by atoms with Crippen LogP contribution in [0.5, 0.6) is 5.75 Å². The van der Waals surface area contributed by atoms with E-state index in [1.807, 2.05) is 99.7 Å². The van der Waals surface area contributed by atoms with Gasteiger partial charge >= 0.3 is 0 Å². The average molecular weight is 423 g/mol. The van der Waals surface area contributed by atoms with Gasteiger partial charge in [0.2, 0.25) is 0 Å². The number of hydrogen-bond donors (Lipinski definition) is 0. The number of ether oxygens (including phenoxy) is 1. The second-order valence-electron chi connectivity index (χ2n) is 7.93. The Kier molecular flexibility index (Phi) is 6.88. The van der Waals surface area contributed by atoms with E-state index in [0.29, 0.717) is 6.61 Å². The van der Waals surface area contributed by atoms with Gasteiger partial charge in [-0.05, 0) is 48.2 Å². The lowest BCUT2D eigenvalue weighted by Gasteiger charge is -2.22. The van der Waals surface area contributed by atoms with Gasteiger partial charge in [-0.25, -0.2) is 8.78 Å². The first-order chi connectivity index (χ1) is 14.3. The predicted molar refractivity (Wildman–Crippen MR) is 124 cm³/mol. The minimum absolute atomic E-state index is 0.0359. The molecule has 0 aliphatic heterocycles. The van der Waals surface area contributed by atoms with Gasteiger partial charge in [-0.1, -0.05) is 78.9 Å². The lowest BCUT2D eigenvalue weighted by molar-refractivity contribution is 0.340. The molecule has 0 fully saturated rings. The first-order valence-corrected chi connectivity index (χ1v) is 13.3. The summed E-state index contributed by atoms with van der Waals surface area (Å²) in [5, 5.41) is 0.841. The van der Waals surface area contributed by atoms with Crippen LogP contribution in [0.2, 0.25) is 13.1 Å². The minimum atomic E-state index is -2.76. The van der Waals surface area contributed by atoms with Crippen LogP contribution in [-0.4, -0.2) is 14.7 Å². The van der Waals surface area contributed by atoms with Gasteiger partial charge in [0.05, 0.1) is 6.61 Å². The average Bonchev–Trinajstić information content (AvgIpc) is 2.76. The lowest BCUT2D eigenvalue weighted by Crippen LogP contribution is -2.43. The molecule has 0 heterocycles. The Balaban J connectivity index is 1.89. The van der Waals surface area contributed by atoms with E-state index in [2.05, 4.69) is 0 Å². The quantitative estimate of drug-likeness (QED) is 0.376. The fourth-order valence-corrected chi connectivity index (χ4v) is 5.67. The van der Waals surface area contributed by atoms with E-state index >= 15 is 8.78 Å². The molecule has 0 bridgehead atoms. The molecule has 156 valence electrons. The Hall–Kier alpha value is -2.72. The molecule has 0 aliphatic carbocycles. The Morgan fingerprint density at radius 3 is 2.17 bits per heavy atom. The van der Waals surface area contributed by atoms with Gasteiger partial charge in [0, 0.05) is 6.42 Å². The van der Waals surface area contributed by atoms with Crippen molar-refractivity contribution in [2.24, 2.45) is 0 Å².